The van der Waals surface area contributed by atoms with Crippen LogP contribution in [0, 0.1) is 0 Å². The predicted molar refractivity (Wildman–Crippen MR) is 64.5 cm³/mol. The molecule has 1 aromatic heterocycles. The van der Waals surface area contributed by atoms with E-state index in [2.05, 4.69) is 15.4 Å². The minimum Gasteiger partial charge on any atom is -0.377 e. The van der Waals surface area contributed by atoms with E-state index in [0.717, 1.165) is 12.8 Å². The third-order valence-electron chi connectivity index (χ3n) is 2.55. The molecule has 0 amide bonds. The van der Waals surface area contributed by atoms with E-state index < -0.39 is 12.0 Å². The number of nitrogens with one attached hydrogen (secondary N) is 1. The van der Waals surface area contributed by atoms with Gasteiger partial charge in [-0.15, -0.1) is 11.8 Å². The zero-order chi connectivity index (χ0) is 13.9. The Bertz CT molecular complexity index is 437. The lowest BCUT2D eigenvalue weighted by atomic mass is 10.3. The molecule has 0 aliphatic carbocycles. The van der Waals surface area contributed by atoms with Gasteiger partial charge in [-0.05, 0) is 12.8 Å². The molecule has 1 aliphatic heterocycles. The van der Waals surface area contributed by atoms with E-state index in [1.165, 1.54) is 17.8 Å². The summed E-state index contributed by atoms with van der Waals surface area (Å²) in [5.41, 5.74) is 2.11. The first-order chi connectivity index (χ1) is 8.99. The molecule has 2 rings (SSSR count). The second-order valence-electron chi connectivity index (χ2n) is 4.00. The number of hydrogen-bond acceptors (Lipinski definition) is 6. The molecule has 1 fully saturated rings. The first kappa shape index (κ1) is 14.4. The van der Waals surface area contributed by atoms with Crippen molar-refractivity contribution in [2.24, 2.45) is 5.84 Å². The van der Waals surface area contributed by atoms with Gasteiger partial charge in [-0.3, -0.25) is 0 Å². The fraction of sp³-hybridized carbons (Fsp3) is 0.600. The lowest BCUT2D eigenvalue weighted by Crippen LogP contribution is -2.16. The molecule has 3 N–H and O–H groups in total. The average Bonchev–Trinajstić information content (AvgIpc) is 2.88. The normalized spacial score (nSPS) is 19.7. The summed E-state index contributed by atoms with van der Waals surface area (Å²) in [4.78, 5) is 6.78. The van der Waals surface area contributed by atoms with Crippen molar-refractivity contribution in [2.45, 2.75) is 30.1 Å². The van der Waals surface area contributed by atoms with Gasteiger partial charge in [0, 0.05) is 18.4 Å². The maximum Gasteiger partial charge on any atom is 0.451 e. The molecule has 0 spiro atoms. The Morgan fingerprint density at radius 2 is 2.26 bits per heavy atom. The topological polar surface area (TPSA) is 73.1 Å². The number of hydrazine groups is 1. The number of nitrogen functional groups attached to an aromatic ring is 1. The monoisotopic (exact) mass is 294 g/mol. The standard InChI is InChI=1S/C10H13F3N4OS/c11-10(12,13)9-15-7(17-14)4-8(16-9)19-5-6-2-1-3-18-6/h4,6H,1-3,5,14H2,(H,15,16,17). The van der Waals surface area contributed by atoms with Gasteiger partial charge in [0.2, 0.25) is 5.82 Å². The van der Waals surface area contributed by atoms with Crippen LogP contribution in [-0.2, 0) is 10.9 Å². The molecular weight excluding hydrogens is 281 g/mol. The average molecular weight is 294 g/mol. The molecule has 1 saturated heterocycles. The smallest absolute Gasteiger partial charge is 0.377 e. The molecule has 1 atom stereocenters. The third-order valence-corrected chi connectivity index (χ3v) is 3.59. The molecule has 19 heavy (non-hydrogen) atoms. The van der Waals surface area contributed by atoms with Crippen LogP contribution in [0.5, 0.6) is 0 Å². The van der Waals surface area contributed by atoms with Crippen LogP contribution in [0.15, 0.2) is 11.1 Å². The molecule has 9 heteroatoms. The highest BCUT2D eigenvalue weighted by Gasteiger charge is 2.35. The van der Waals surface area contributed by atoms with E-state index in [-0.39, 0.29) is 16.9 Å². The van der Waals surface area contributed by atoms with Crippen molar-refractivity contribution in [3.8, 4) is 0 Å². The number of aromatic nitrogens is 2. The summed E-state index contributed by atoms with van der Waals surface area (Å²) in [6, 6.07) is 1.38. The minimum atomic E-state index is -4.59. The molecule has 0 radical (unpaired) electrons. The summed E-state index contributed by atoms with van der Waals surface area (Å²) in [7, 11) is 0. The molecule has 0 saturated carbocycles. The maximum atomic E-state index is 12.6. The van der Waals surface area contributed by atoms with E-state index in [0.29, 0.717) is 12.4 Å². The molecule has 5 nitrogen and oxygen atoms in total. The van der Waals surface area contributed by atoms with Crippen LogP contribution >= 0.6 is 11.8 Å². The van der Waals surface area contributed by atoms with E-state index in [9.17, 15) is 13.2 Å². The zero-order valence-corrected chi connectivity index (χ0v) is 10.7. The van der Waals surface area contributed by atoms with Crippen molar-refractivity contribution < 1.29 is 17.9 Å². The number of thioether (sulfide) groups is 1. The lowest BCUT2D eigenvalue weighted by molar-refractivity contribution is -0.145. The first-order valence-electron chi connectivity index (χ1n) is 5.66. The molecule has 0 bridgehead atoms. The van der Waals surface area contributed by atoms with Crippen LogP contribution in [0.1, 0.15) is 18.7 Å². The van der Waals surface area contributed by atoms with Gasteiger partial charge in [-0.25, -0.2) is 15.8 Å². The second kappa shape index (κ2) is 5.93. The largest absolute Gasteiger partial charge is 0.451 e. The van der Waals surface area contributed by atoms with Crippen molar-refractivity contribution >= 4 is 17.6 Å². The number of nitrogens with two attached hydrogens (primary N) is 1. The molecule has 1 aliphatic rings. The van der Waals surface area contributed by atoms with Gasteiger partial charge in [0.15, 0.2) is 0 Å². The number of ether oxygens (including phenoxy) is 1. The van der Waals surface area contributed by atoms with E-state index >= 15 is 0 Å². The van der Waals surface area contributed by atoms with Gasteiger partial charge in [-0.2, -0.15) is 13.2 Å². The number of rotatable bonds is 4. The molecular formula is C10H13F3N4OS. The first-order valence-corrected chi connectivity index (χ1v) is 6.65. The van der Waals surface area contributed by atoms with Crippen LogP contribution in [0.25, 0.3) is 0 Å². The molecule has 1 aromatic rings. The van der Waals surface area contributed by atoms with Gasteiger partial charge in [0.1, 0.15) is 10.8 Å². The minimum absolute atomic E-state index is 0.0582. The number of alkyl halides is 3. The Kier molecular flexibility index (Phi) is 4.48. The van der Waals surface area contributed by atoms with Crippen molar-refractivity contribution in [1.29, 1.82) is 0 Å². The summed E-state index contributed by atoms with van der Waals surface area (Å²) >= 11 is 1.21. The fourth-order valence-corrected chi connectivity index (χ4v) is 2.62. The maximum absolute atomic E-state index is 12.6. The van der Waals surface area contributed by atoms with Crippen LogP contribution in [-0.4, -0.2) is 28.4 Å². The van der Waals surface area contributed by atoms with E-state index in [4.69, 9.17) is 10.6 Å². The summed E-state index contributed by atoms with van der Waals surface area (Å²) in [5.74, 6) is 4.42. The highest BCUT2D eigenvalue weighted by molar-refractivity contribution is 7.99. The van der Waals surface area contributed by atoms with Gasteiger partial charge in [0.05, 0.1) is 6.10 Å². The van der Waals surface area contributed by atoms with Gasteiger partial charge < -0.3 is 10.2 Å². The summed E-state index contributed by atoms with van der Waals surface area (Å²) < 4.78 is 43.2. The Hall–Kier alpha value is -1.06. The number of halogens is 3. The summed E-state index contributed by atoms with van der Waals surface area (Å²) in [6.07, 6.45) is -2.61. The summed E-state index contributed by atoms with van der Waals surface area (Å²) in [5, 5.41) is 0.228. The van der Waals surface area contributed by atoms with Crippen LogP contribution in [0.3, 0.4) is 0 Å². The van der Waals surface area contributed by atoms with Crippen LogP contribution < -0.4 is 11.3 Å². The summed E-state index contributed by atoms with van der Waals surface area (Å²) in [6.45, 7) is 0.707. The lowest BCUT2D eigenvalue weighted by Gasteiger charge is -2.11. The van der Waals surface area contributed by atoms with Gasteiger partial charge in [0.25, 0.3) is 0 Å². The molecule has 0 aromatic carbocycles. The number of hydrogen-bond donors (Lipinski definition) is 2. The van der Waals surface area contributed by atoms with Crippen molar-refractivity contribution in [2.75, 3.05) is 17.8 Å². The molecule has 1 unspecified atom stereocenters. The van der Waals surface area contributed by atoms with Gasteiger partial charge in [-0.1, -0.05) is 0 Å². The Morgan fingerprint density at radius 3 is 2.84 bits per heavy atom. The third kappa shape index (κ3) is 3.95. The van der Waals surface area contributed by atoms with Gasteiger partial charge >= 0.3 is 6.18 Å². The van der Waals surface area contributed by atoms with E-state index in [1.807, 2.05) is 0 Å². The number of nitrogens with zero attached hydrogens (tertiary/aromatic N) is 2. The predicted octanol–water partition coefficient (Wildman–Crippen LogP) is 2.05. The zero-order valence-electron chi connectivity index (χ0n) is 9.91. The number of anilines is 1. The van der Waals surface area contributed by atoms with Crippen LogP contribution in [0.4, 0.5) is 19.0 Å². The Balaban J connectivity index is 2.10. The van der Waals surface area contributed by atoms with Crippen molar-refractivity contribution in [3.05, 3.63) is 11.9 Å². The second-order valence-corrected chi connectivity index (χ2v) is 5.04. The van der Waals surface area contributed by atoms with Crippen molar-refractivity contribution in [1.82, 2.24) is 9.97 Å². The highest BCUT2D eigenvalue weighted by Crippen LogP contribution is 2.30. The fourth-order valence-electron chi connectivity index (χ4n) is 1.65. The quantitative estimate of drug-likeness (QED) is 0.383. The molecule has 106 valence electrons. The molecule has 2 heterocycles. The van der Waals surface area contributed by atoms with Crippen molar-refractivity contribution in [3.63, 3.8) is 0 Å². The van der Waals surface area contributed by atoms with E-state index in [1.54, 1.807) is 0 Å². The Morgan fingerprint density at radius 1 is 1.47 bits per heavy atom. The SMILES string of the molecule is NNc1cc(SCC2CCCO2)nc(C(F)(F)F)n1. The Labute approximate surface area is 112 Å². The van der Waals surface area contributed by atoms with Crippen LogP contribution in [0.2, 0.25) is 0 Å². The highest BCUT2D eigenvalue weighted by atomic mass is 32.2.